The highest BCUT2D eigenvalue weighted by atomic mass is 19.1. The maximum absolute atomic E-state index is 15.4. The second-order valence-corrected chi connectivity index (χ2v) is 8.88. The minimum Gasteiger partial charge on any atom is -0.421 e. The molecule has 0 aliphatic carbocycles. The molecule has 6 rings (SSSR count). The van der Waals surface area contributed by atoms with Crippen molar-refractivity contribution in [3.8, 4) is 28.7 Å². The fraction of sp³-hybridized carbons (Fsp3) is 0.185. The van der Waals surface area contributed by atoms with Gasteiger partial charge in [0.05, 0.1) is 24.4 Å². The van der Waals surface area contributed by atoms with Crippen LogP contribution in [-0.4, -0.2) is 37.7 Å². The topological polar surface area (TPSA) is 136 Å². The summed E-state index contributed by atoms with van der Waals surface area (Å²) >= 11 is 0. The van der Waals surface area contributed by atoms with Gasteiger partial charge in [0.2, 0.25) is 0 Å². The van der Waals surface area contributed by atoms with Gasteiger partial charge in [-0.3, -0.25) is 0 Å². The molecular weight excluding hydrogens is 489 g/mol. The number of nitrogens with zero attached hydrogens (tertiary/aromatic N) is 5. The van der Waals surface area contributed by atoms with Crippen molar-refractivity contribution in [1.82, 2.24) is 24.5 Å². The van der Waals surface area contributed by atoms with Crippen LogP contribution in [0.4, 0.5) is 15.9 Å². The highest BCUT2D eigenvalue weighted by Gasteiger charge is 2.28. The Hall–Kier alpha value is -4.61. The number of nitrogen functional groups attached to an aromatic ring is 2. The van der Waals surface area contributed by atoms with Crippen molar-refractivity contribution < 1.29 is 18.6 Å². The quantitative estimate of drug-likeness (QED) is 0.322. The van der Waals surface area contributed by atoms with Gasteiger partial charge in [0.1, 0.15) is 11.8 Å². The molecule has 1 aliphatic rings. The Kier molecular flexibility index (Phi) is 5.86. The van der Waals surface area contributed by atoms with E-state index in [4.69, 9.17) is 25.7 Å². The molecule has 1 aliphatic heterocycles. The maximum atomic E-state index is 15.4. The van der Waals surface area contributed by atoms with Gasteiger partial charge in [0.15, 0.2) is 23.7 Å². The predicted octanol–water partition coefficient (Wildman–Crippen LogP) is 4.64. The van der Waals surface area contributed by atoms with E-state index in [1.807, 2.05) is 23.6 Å². The van der Waals surface area contributed by atoms with Crippen LogP contribution in [0.5, 0.6) is 11.8 Å². The largest absolute Gasteiger partial charge is 0.421 e. The molecule has 4 N–H and O–H groups in total. The first kappa shape index (κ1) is 23.8. The SMILES string of the molecule is Cc1ccnc(Oc2ccc(-n3c(-c4ccc(N)cc4C4OCCO4)c(C)c4ncnc(N)c43)cc2F)n1. The summed E-state index contributed by atoms with van der Waals surface area (Å²) in [4.78, 5) is 16.9. The third-order valence-electron chi connectivity index (χ3n) is 6.36. The van der Waals surface area contributed by atoms with E-state index in [1.165, 1.54) is 18.5 Å². The van der Waals surface area contributed by atoms with Crippen LogP contribution in [0.2, 0.25) is 0 Å². The zero-order chi connectivity index (χ0) is 26.4. The highest BCUT2D eigenvalue weighted by Crippen LogP contribution is 2.42. The van der Waals surface area contributed by atoms with Gasteiger partial charge in [-0.2, -0.15) is 0 Å². The zero-order valence-corrected chi connectivity index (χ0v) is 20.7. The van der Waals surface area contributed by atoms with Crippen LogP contribution in [0.15, 0.2) is 55.0 Å². The summed E-state index contributed by atoms with van der Waals surface area (Å²) < 4.78 is 34.5. The van der Waals surface area contributed by atoms with Crippen molar-refractivity contribution in [3.05, 3.63) is 77.6 Å². The second kappa shape index (κ2) is 9.36. The number of benzene rings is 2. The third-order valence-corrected chi connectivity index (χ3v) is 6.36. The Balaban J connectivity index is 1.55. The molecule has 0 bridgehead atoms. The molecule has 11 heteroatoms. The lowest BCUT2D eigenvalue weighted by Gasteiger charge is -2.19. The Morgan fingerprint density at radius 1 is 1.00 bits per heavy atom. The molecule has 0 amide bonds. The van der Waals surface area contributed by atoms with E-state index < -0.39 is 12.1 Å². The molecule has 1 fully saturated rings. The van der Waals surface area contributed by atoms with Crippen LogP contribution in [0, 0.1) is 19.7 Å². The average molecular weight is 514 g/mol. The van der Waals surface area contributed by atoms with Gasteiger partial charge >= 0.3 is 6.01 Å². The smallest absolute Gasteiger partial charge is 0.322 e. The van der Waals surface area contributed by atoms with E-state index in [9.17, 15) is 0 Å². The normalized spacial score (nSPS) is 13.9. The van der Waals surface area contributed by atoms with E-state index in [-0.39, 0.29) is 17.6 Å². The number of anilines is 2. The number of aryl methyl sites for hydroxylation is 2. The van der Waals surface area contributed by atoms with Crippen LogP contribution >= 0.6 is 0 Å². The molecule has 192 valence electrons. The standard InChI is InChI=1S/C27H24FN7O3/c1-14-7-8-31-27(34-14)38-21-6-4-17(12-20(21)28)35-23(15(2)22-24(35)25(30)33-13-32-22)18-5-3-16(29)11-19(18)26-36-9-10-37-26/h3-8,11-13,26H,9-10,29H2,1-2H3,(H2,30,32,33). The van der Waals surface area contributed by atoms with E-state index in [1.54, 1.807) is 31.3 Å². The van der Waals surface area contributed by atoms with Crippen molar-refractivity contribution in [3.63, 3.8) is 0 Å². The Labute approximate surface area is 217 Å². The lowest BCUT2D eigenvalue weighted by molar-refractivity contribution is -0.0436. The minimum absolute atomic E-state index is 0.0146. The van der Waals surface area contributed by atoms with E-state index in [2.05, 4.69) is 19.9 Å². The summed E-state index contributed by atoms with van der Waals surface area (Å²) in [6.07, 6.45) is 2.37. The molecule has 10 nitrogen and oxygen atoms in total. The van der Waals surface area contributed by atoms with Gasteiger partial charge in [0, 0.05) is 46.0 Å². The molecule has 2 aromatic carbocycles. The zero-order valence-electron chi connectivity index (χ0n) is 20.7. The Morgan fingerprint density at radius 3 is 2.58 bits per heavy atom. The molecule has 4 heterocycles. The monoisotopic (exact) mass is 513 g/mol. The number of halogens is 1. The van der Waals surface area contributed by atoms with Crippen molar-refractivity contribution in [1.29, 1.82) is 0 Å². The Morgan fingerprint density at radius 2 is 1.82 bits per heavy atom. The summed E-state index contributed by atoms with van der Waals surface area (Å²) in [5, 5.41) is 0. The molecule has 38 heavy (non-hydrogen) atoms. The molecule has 0 unspecified atom stereocenters. The molecule has 3 aromatic heterocycles. The number of fused-ring (bicyclic) bond motifs is 1. The first-order chi connectivity index (χ1) is 18.4. The highest BCUT2D eigenvalue weighted by molar-refractivity contribution is 5.96. The van der Waals surface area contributed by atoms with Gasteiger partial charge in [-0.25, -0.2) is 24.3 Å². The lowest BCUT2D eigenvalue weighted by atomic mass is 10.00. The molecule has 0 spiro atoms. The summed E-state index contributed by atoms with van der Waals surface area (Å²) in [5.41, 5.74) is 18.5. The first-order valence-corrected chi connectivity index (χ1v) is 11.9. The van der Waals surface area contributed by atoms with E-state index in [0.717, 1.165) is 22.4 Å². The van der Waals surface area contributed by atoms with Crippen molar-refractivity contribution in [2.45, 2.75) is 20.1 Å². The molecule has 0 saturated carbocycles. The summed E-state index contributed by atoms with van der Waals surface area (Å²) in [7, 11) is 0. The molecule has 0 radical (unpaired) electrons. The van der Waals surface area contributed by atoms with E-state index in [0.29, 0.717) is 41.3 Å². The molecule has 1 saturated heterocycles. The predicted molar refractivity (Wildman–Crippen MR) is 139 cm³/mol. The lowest BCUT2D eigenvalue weighted by Crippen LogP contribution is -2.06. The molecular formula is C27H24FN7O3. The number of hydrogen-bond acceptors (Lipinski definition) is 9. The second-order valence-electron chi connectivity index (χ2n) is 8.88. The summed E-state index contributed by atoms with van der Waals surface area (Å²) in [6.45, 7) is 4.67. The Bertz CT molecular complexity index is 1680. The summed E-state index contributed by atoms with van der Waals surface area (Å²) in [5.74, 6) is -0.365. The van der Waals surface area contributed by atoms with Gasteiger partial charge < -0.3 is 30.2 Å². The number of hydrogen-bond donors (Lipinski definition) is 2. The number of ether oxygens (including phenoxy) is 3. The fourth-order valence-corrected chi connectivity index (χ4v) is 4.67. The van der Waals surface area contributed by atoms with Crippen molar-refractivity contribution in [2.24, 2.45) is 0 Å². The third kappa shape index (κ3) is 4.07. The van der Waals surface area contributed by atoms with Gasteiger partial charge in [-0.15, -0.1) is 0 Å². The van der Waals surface area contributed by atoms with Crippen LogP contribution in [0.3, 0.4) is 0 Å². The van der Waals surface area contributed by atoms with Crippen LogP contribution in [0.25, 0.3) is 28.0 Å². The minimum atomic E-state index is -0.603. The molecule has 0 atom stereocenters. The van der Waals surface area contributed by atoms with Crippen LogP contribution < -0.4 is 16.2 Å². The van der Waals surface area contributed by atoms with Gasteiger partial charge in [-0.05, 0) is 44.2 Å². The van der Waals surface area contributed by atoms with Crippen LogP contribution in [-0.2, 0) is 9.47 Å². The van der Waals surface area contributed by atoms with Crippen molar-refractivity contribution in [2.75, 3.05) is 24.7 Å². The van der Waals surface area contributed by atoms with Crippen LogP contribution in [0.1, 0.15) is 23.1 Å². The summed E-state index contributed by atoms with van der Waals surface area (Å²) in [6, 6.07) is 11.9. The van der Waals surface area contributed by atoms with E-state index >= 15 is 4.39 Å². The average Bonchev–Trinajstić information content (AvgIpc) is 3.53. The van der Waals surface area contributed by atoms with Gasteiger partial charge in [-0.1, -0.05) is 6.07 Å². The van der Waals surface area contributed by atoms with Gasteiger partial charge in [0.25, 0.3) is 0 Å². The molecule has 5 aromatic rings. The number of rotatable bonds is 5. The first-order valence-electron chi connectivity index (χ1n) is 11.9. The van der Waals surface area contributed by atoms with Crippen molar-refractivity contribution >= 4 is 22.5 Å². The number of aromatic nitrogens is 5. The number of nitrogens with two attached hydrogens (primary N) is 2. The fourth-order valence-electron chi connectivity index (χ4n) is 4.67. The maximum Gasteiger partial charge on any atom is 0.322 e.